The highest BCUT2D eigenvalue weighted by Crippen LogP contribution is 2.61. The van der Waals surface area contributed by atoms with Crippen molar-refractivity contribution < 1.29 is 0 Å². The highest BCUT2D eigenvalue weighted by atomic mass is 15.1. The van der Waals surface area contributed by atoms with Crippen LogP contribution in [0.5, 0.6) is 0 Å². The molecule has 2 aromatic rings. The van der Waals surface area contributed by atoms with Crippen molar-refractivity contribution in [3.8, 4) is 0 Å². The first kappa shape index (κ1) is 10.1. The zero-order valence-corrected chi connectivity index (χ0v) is 10.1. The van der Waals surface area contributed by atoms with Gasteiger partial charge in [0.25, 0.3) is 0 Å². The van der Waals surface area contributed by atoms with Gasteiger partial charge >= 0.3 is 0 Å². The number of benzene rings is 1. The molecule has 0 radical (unpaired) electrons. The first-order chi connectivity index (χ1) is 8.93. The number of rotatable bonds is 3. The second-order valence-corrected chi connectivity index (χ2v) is 5.21. The van der Waals surface area contributed by atoms with Crippen molar-refractivity contribution in [2.24, 2.45) is 11.8 Å². The van der Waals surface area contributed by atoms with E-state index < -0.39 is 0 Å². The number of hydrogen-bond donors (Lipinski definition) is 1. The number of nitrogens with zero attached hydrogens (tertiary/aromatic N) is 2. The van der Waals surface area contributed by atoms with Crippen molar-refractivity contribution in [2.75, 3.05) is 11.9 Å². The molecule has 1 heterocycles. The Morgan fingerprint density at radius 3 is 2.83 bits per heavy atom. The summed E-state index contributed by atoms with van der Waals surface area (Å²) in [6.07, 6.45) is 4.81. The first-order valence-corrected chi connectivity index (χ1v) is 6.52. The summed E-state index contributed by atoms with van der Waals surface area (Å²) in [5, 5.41) is 3.34. The zero-order valence-electron chi connectivity index (χ0n) is 10.1. The van der Waals surface area contributed by atoms with Gasteiger partial charge in [-0.05, 0) is 41.4 Å². The van der Waals surface area contributed by atoms with Crippen LogP contribution in [0.2, 0.25) is 0 Å². The Hall–Kier alpha value is -1.90. The molecule has 3 nitrogen and oxygen atoms in total. The summed E-state index contributed by atoms with van der Waals surface area (Å²) in [7, 11) is 0. The van der Waals surface area contributed by atoms with Crippen molar-refractivity contribution in [1.82, 2.24) is 9.97 Å². The molecule has 2 aliphatic rings. The monoisotopic (exact) mass is 237 g/mol. The number of nitrogens with one attached hydrogen (secondary N) is 1. The Balaban J connectivity index is 1.43. The normalized spacial score (nSPS) is 27.4. The molecule has 1 N–H and O–H groups in total. The molecule has 0 bridgehead atoms. The first-order valence-electron chi connectivity index (χ1n) is 6.52. The van der Waals surface area contributed by atoms with Crippen LogP contribution < -0.4 is 5.32 Å². The van der Waals surface area contributed by atoms with Gasteiger partial charge in [0, 0.05) is 18.9 Å². The molecular weight excluding hydrogens is 222 g/mol. The zero-order chi connectivity index (χ0) is 11.9. The van der Waals surface area contributed by atoms with E-state index in [0.717, 1.165) is 30.2 Å². The van der Waals surface area contributed by atoms with E-state index in [2.05, 4.69) is 39.6 Å². The van der Waals surface area contributed by atoms with Crippen LogP contribution in [0.15, 0.2) is 42.7 Å². The molecule has 3 atom stereocenters. The molecule has 1 fully saturated rings. The minimum absolute atomic E-state index is 0.746. The summed E-state index contributed by atoms with van der Waals surface area (Å²) in [6, 6.07) is 10.7. The van der Waals surface area contributed by atoms with Gasteiger partial charge in [0.2, 0.25) is 5.95 Å². The highest BCUT2D eigenvalue weighted by molar-refractivity contribution is 5.44. The average molecular weight is 237 g/mol. The summed E-state index contributed by atoms with van der Waals surface area (Å²) in [4.78, 5) is 8.39. The van der Waals surface area contributed by atoms with Crippen LogP contribution in [-0.4, -0.2) is 16.5 Å². The lowest BCUT2D eigenvalue weighted by Crippen LogP contribution is -2.10. The Morgan fingerprint density at radius 2 is 1.94 bits per heavy atom. The SMILES string of the molecule is c1cnc(NCC2C3Cc4ccccc4C23)nc1. The van der Waals surface area contributed by atoms with Crippen molar-refractivity contribution >= 4 is 5.95 Å². The molecule has 0 aliphatic heterocycles. The maximum atomic E-state index is 4.19. The fourth-order valence-corrected chi connectivity index (χ4v) is 3.36. The standard InChI is InChI=1S/C15H15N3/c1-2-5-11-10(4-1)8-12-13(14(11)12)9-18-15-16-6-3-7-17-15/h1-7,12-14H,8-9H2,(H,16,17,18). The van der Waals surface area contributed by atoms with Crippen molar-refractivity contribution in [3.63, 3.8) is 0 Å². The van der Waals surface area contributed by atoms with Gasteiger partial charge in [-0.1, -0.05) is 24.3 Å². The molecular formula is C15H15N3. The fourth-order valence-electron chi connectivity index (χ4n) is 3.36. The number of aromatic nitrogens is 2. The van der Waals surface area contributed by atoms with Gasteiger partial charge in [-0.3, -0.25) is 0 Å². The molecule has 0 spiro atoms. The van der Waals surface area contributed by atoms with E-state index in [4.69, 9.17) is 0 Å². The van der Waals surface area contributed by atoms with E-state index in [0.29, 0.717) is 0 Å². The molecule has 0 amide bonds. The van der Waals surface area contributed by atoms with E-state index >= 15 is 0 Å². The smallest absolute Gasteiger partial charge is 0.222 e. The summed E-state index contributed by atoms with van der Waals surface area (Å²) in [5.74, 6) is 3.13. The lowest BCUT2D eigenvalue weighted by atomic mass is 10.0. The molecule has 0 saturated heterocycles. The lowest BCUT2D eigenvalue weighted by molar-refractivity contribution is 0.716. The van der Waals surface area contributed by atoms with E-state index in [1.807, 2.05) is 6.07 Å². The van der Waals surface area contributed by atoms with Gasteiger partial charge in [0.05, 0.1) is 0 Å². The fraction of sp³-hybridized carbons (Fsp3) is 0.333. The minimum Gasteiger partial charge on any atom is -0.354 e. The molecule has 18 heavy (non-hydrogen) atoms. The van der Waals surface area contributed by atoms with Crippen LogP contribution in [-0.2, 0) is 6.42 Å². The third kappa shape index (κ3) is 1.50. The maximum absolute atomic E-state index is 4.19. The summed E-state index contributed by atoms with van der Waals surface area (Å²) >= 11 is 0. The Labute approximate surface area is 106 Å². The molecule has 1 saturated carbocycles. The second kappa shape index (κ2) is 3.80. The third-order valence-electron chi connectivity index (χ3n) is 4.26. The van der Waals surface area contributed by atoms with Gasteiger partial charge < -0.3 is 5.32 Å². The highest BCUT2D eigenvalue weighted by Gasteiger charge is 2.54. The summed E-state index contributed by atoms with van der Waals surface area (Å²) in [6.45, 7) is 0.994. The molecule has 4 rings (SSSR count). The summed E-state index contributed by atoms with van der Waals surface area (Å²) < 4.78 is 0. The Bertz CT molecular complexity index is 567. The molecule has 90 valence electrons. The molecule has 3 unspecified atom stereocenters. The van der Waals surface area contributed by atoms with Crippen molar-refractivity contribution in [2.45, 2.75) is 12.3 Å². The number of anilines is 1. The molecule has 1 aromatic heterocycles. The van der Waals surface area contributed by atoms with Crippen LogP contribution in [0, 0.1) is 11.8 Å². The number of hydrogen-bond acceptors (Lipinski definition) is 3. The quantitative estimate of drug-likeness (QED) is 0.891. The molecule has 1 aromatic carbocycles. The largest absolute Gasteiger partial charge is 0.354 e. The van der Waals surface area contributed by atoms with E-state index in [1.54, 1.807) is 23.5 Å². The number of fused-ring (bicyclic) bond motifs is 3. The van der Waals surface area contributed by atoms with Gasteiger partial charge in [-0.15, -0.1) is 0 Å². The van der Waals surface area contributed by atoms with E-state index in [1.165, 1.54) is 6.42 Å². The summed E-state index contributed by atoms with van der Waals surface area (Å²) in [5.41, 5.74) is 3.13. The van der Waals surface area contributed by atoms with Crippen LogP contribution in [0.1, 0.15) is 17.0 Å². The van der Waals surface area contributed by atoms with Crippen LogP contribution in [0.25, 0.3) is 0 Å². The van der Waals surface area contributed by atoms with E-state index in [9.17, 15) is 0 Å². The minimum atomic E-state index is 0.746. The van der Waals surface area contributed by atoms with Gasteiger partial charge in [-0.2, -0.15) is 0 Å². The predicted molar refractivity (Wildman–Crippen MR) is 70.4 cm³/mol. The van der Waals surface area contributed by atoms with Crippen LogP contribution in [0.4, 0.5) is 5.95 Å². The predicted octanol–water partition coefficient (Wildman–Crippen LogP) is 2.47. The van der Waals surface area contributed by atoms with E-state index in [-0.39, 0.29) is 0 Å². The van der Waals surface area contributed by atoms with Crippen LogP contribution in [0.3, 0.4) is 0 Å². The van der Waals surface area contributed by atoms with Gasteiger partial charge in [-0.25, -0.2) is 9.97 Å². The van der Waals surface area contributed by atoms with Gasteiger partial charge in [0.15, 0.2) is 0 Å². The Kier molecular flexibility index (Phi) is 2.13. The molecule has 2 aliphatic carbocycles. The second-order valence-electron chi connectivity index (χ2n) is 5.21. The lowest BCUT2D eigenvalue weighted by Gasteiger charge is -2.08. The average Bonchev–Trinajstić information content (AvgIpc) is 2.97. The molecule has 3 heteroatoms. The van der Waals surface area contributed by atoms with Gasteiger partial charge in [0.1, 0.15) is 0 Å². The van der Waals surface area contributed by atoms with Crippen molar-refractivity contribution in [1.29, 1.82) is 0 Å². The Morgan fingerprint density at radius 1 is 1.11 bits per heavy atom. The van der Waals surface area contributed by atoms with Crippen LogP contribution >= 0.6 is 0 Å². The maximum Gasteiger partial charge on any atom is 0.222 e. The third-order valence-corrected chi connectivity index (χ3v) is 4.26. The van der Waals surface area contributed by atoms with Crippen molar-refractivity contribution in [3.05, 3.63) is 53.9 Å². The topological polar surface area (TPSA) is 37.8 Å².